The lowest BCUT2D eigenvalue weighted by molar-refractivity contribution is -0.123. The molecule has 0 saturated heterocycles. The zero-order valence-corrected chi connectivity index (χ0v) is 8.41. The van der Waals surface area contributed by atoms with Crippen molar-refractivity contribution in [1.29, 1.82) is 0 Å². The maximum absolute atomic E-state index is 11.1. The van der Waals surface area contributed by atoms with Crippen molar-refractivity contribution in [2.75, 3.05) is 5.33 Å². The second-order valence-corrected chi connectivity index (χ2v) is 4.19. The SMILES string of the molecule is CC1(NC(=O)CCBr)CCC1. The summed E-state index contributed by atoms with van der Waals surface area (Å²) in [5.41, 5.74) is 0.124. The van der Waals surface area contributed by atoms with Crippen LogP contribution in [-0.4, -0.2) is 16.8 Å². The molecular formula is C8H14BrNO. The van der Waals surface area contributed by atoms with Crippen molar-refractivity contribution in [2.45, 2.75) is 38.1 Å². The predicted octanol–water partition coefficient (Wildman–Crippen LogP) is 1.83. The summed E-state index contributed by atoms with van der Waals surface area (Å²) in [6, 6.07) is 0. The number of nitrogens with one attached hydrogen (secondary N) is 1. The molecule has 1 aliphatic carbocycles. The van der Waals surface area contributed by atoms with Crippen LogP contribution in [0.25, 0.3) is 0 Å². The molecule has 0 aromatic rings. The van der Waals surface area contributed by atoms with Gasteiger partial charge in [0.05, 0.1) is 0 Å². The Morgan fingerprint density at radius 1 is 1.64 bits per heavy atom. The Morgan fingerprint density at radius 2 is 2.27 bits per heavy atom. The van der Waals surface area contributed by atoms with E-state index in [0.29, 0.717) is 6.42 Å². The minimum Gasteiger partial charge on any atom is -0.351 e. The average Bonchev–Trinajstić information content (AvgIpc) is 1.85. The second kappa shape index (κ2) is 3.57. The molecule has 0 radical (unpaired) electrons. The van der Waals surface area contributed by atoms with Gasteiger partial charge in [0.2, 0.25) is 5.91 Å². The van der Waals surface area contributed by atoms with E-state index in [1.54, 1.807) is 0 Å². The predicted molar refractivity (Wildman–Crippen MR) is 48.8 cm³/mol. The smallest absolute Gasteiger partial charge is 0.221 e. The summed E-state index contributed by atoms with van der Waals surface area (Å²) in [5.74, 6) is 0.170. The van der Waals surface area contributed by atoms with E-state index in [-0.39, 0.29) is 11.4 Å². The molecule has 0 aliphatic heterocycles. The number of hydrogen-bond acceptors (Lipinski definition) is 1. The normalized spacial score (nSPS) is 20.5. The van der Waals surface area contributed by atoms with Crippen molar-refractivity contribution in [2.24, 2.45) is 0 Å². The molecule has 0 unspecified atom stereocenters. The summed E-state index contributed by atoms with van der Waals surface area (Å²) >= 11 is 3.24. The van der Waals surface area contributed by atoms with Gasteiger partial charge in [0.15, 0.2) is 0 Å². The third-order valence-corrected chi connectivity index (χ3v) is 2.62. The monoisotopic (exact) mass is 219 g/mol. The fraction of sp³-hybridized carbons (Fsp3) is 0.875. The van der Waals surface area contributed by atoms with Crippen LogP contribution in [0.4, 0.5) is 0 Å². The first kappa shape index (κ1) is 9.04. The average molecular weight is 220 g/mol. The Kier molecular flexibility index (Phi) is 2.93. The number of carbonyl (C=O) groups excluding carboxylic acids is 1. The van der Waals surface area contributed by atoms with Crippen molar-refractivity contribution < 1.29 is 4.79 Å². The molecule has 0 heterocycles. The first-order valence-electron chi connectivity index (χ1n) is 4.03. The Labute approximate surface area is 75.9 Å². The number of amides is 1. The van der Waals surface area contributed by atoms with E-state index in [9.17, 15) is 4.79 Å². The summed E-state index contributed by atoms with van der Waals surface area (Å²) in [4.78, 5) is 11.1. The quantitative estimate of drug-likeness (QED) is 0.722. The summed E-state index contributed by atoms with van der Waals surface area (Å²) < 4.78 is 0. The molecule has 0 spiro atoms. The fourth-order valence-corrected chi connectivity index (χ4v) is 1.68. The minimum absolute atomic E-state index is 0.124. The van der Waals surface area contributed by atoms with Crippen molar-refractivity contribution in [3.05, 3.63) is 0 Å². The summed E-state index contributed by atoms with van der Waals surface area (Å²) in [5, 5.41) is 3.78. The van der Waals surface area contributed by atoms with Crippen LogP contribution in [0.5, 0.6) is 0 Å². The molecule has 0 aromatic heterocycles. The van der Waals surface area contributed by atoms with Crippen LogP contribution in [0.1, 0.15) is 32.6 Å². The highest BCUT2D eigenvalue weighted by Crippen LogP contribution is 2.30. The lowest BCUT2D eigenvalue weighted by Gasteiger charge is -2.39. The summed E-state index contributed by atoms with van der Waals surface area (Å²) in [6.07, 6.45) is 4.13. The van der Waals surface area contributed by atoms with E-state index in [1.807, 2.05) is 0 Å². The molecule has 0 bridgehead atoms. The van der Waals surface area contributed by atoms with Crippen LogP contribution in [-0.2, 0) is 4.79 Å². The Balaban J connectivity index is 2.23. The van der Waals surface area contributed by atoms with Crippen molar-refractivity contribution >= 4 is 21.8 Å². The van der Waals surface area contributed by atoms with Crippen molar-refractivity contribution in [3.8, 4) is 0 Å². The van der Waals surface area contributed by atoms with Crippen molar-refractivity contribution in [1.82, 2.24) is 5.32 Å². The standard InChI is InChI=1S/C8H14BrNO/c1-8(4-2-5-8)10-7(11)3-6-9/h2-6H2,1H3,(H,10,11). The van der Waals surface area contributed by atoms with Gasteiger partial charge in [0, 0.05) is 17.3 Å². The van der Waals surface area contributed by atoms with E-state index in [1.165, 1.54) is 6.42 Å². The van der Waals surface area contributed by atoms with Crippen LogP contribution in [0.3, 0.4) is 0 Å². The zero-order valence-electron chi connectivity index (χ0n) is 6.82. The highest BCUT2D eigenvalue weighted by atomic mass is 79.9. The molecule has 2 nitrogen and oxygen atoms in total. The van der Waals surface area contributed by atoms with Crippen molar-refractivity contribution in [3.63, 3.8) is 0 Å². The van der Waals surface area contributed by atoms with Crippen LogP contribution in [0.15, 0.2) is 0 Å². The van der Waals surface area contributed by atoms with Crippen LogP contribution >= 0.6 is 15.9 Å². The Bertz CT molecular complexity index is 154. The third-order valence-electron chi connectivity index (χ3n) is 2.22. The number of hydrogen-bond donors (Lipinski definition) is 1. The van der Waals surface area contributed by atoms with Gasteiger partial charge in [-0.1, -0.05) is 15.9 Å². The maximum Gasteiger partial charge on any atom is 0.221 e. The summed E-state index contributed by atoms with van der Waals surface area (Å²) in [6.45, 7) is 2.11. The molecule has 1 N–H and O–H groups in total. The number of carbonyl (C=O) groups is 1. The largest absolute Gasteiger partial charge is 0.351 e. The number of alkyl halides is 1. The fourth-order valence-electron chi connectivity index (χ4n) is 1.32. The van der Waals surface area contributed by atoms with Gasteiger partial charge < -0.3 is 5.32 Å². The summed E-state index contributed by atoms with van der Waals surface area (Å²) in [7, 11) is 0. The second-order valence-electron chi connectivity index (χ2n) is 3.40. The molecule has 0 aromatic carbocycles. The van der Waals surface area contributed by atoms with E-state index in [2.05, 4.69) is 28.2 Å². The zero-order chi connectivity index (χ0) is 8.32. The van der Waals surface area contributed by atoms with Gasteiger partial charge in [-0.15, -0.1) is 0 Å². The van der Waals surface area contributed by atoms with Gasteiger partial charge in [0.1, 0.15) is 0 Å². The Morgan fingerprint density at radius 3 is 2.64 bits per heavy atom. The molecule has 1 saturated carbocycles. The van der Waals surface area contributed by atoms with Gasteiger partial charge in [-0.25, -0.2) is 0 Å². The highest BCUT2D eigenvalue weighted by molar-refractivity contribution is 9.09. The van der Waals surface area contributed by atoms with Gasteiger partial charge in [-0.3, -0.25) is 4.79 Å². The van der Waals surface area contributed by atoms with E-state index >= 15 is 0 Å². The molecule has 64 valence electrons. The molecule has 11 heavy (non-hydrogen) atoms. The van der Waals surface area contributed by atoms with Crippen LogP contribution in [0, 0.1) is 0 Å². The van der Waals surface area contributed by atoms with Gasteiger partial charge in [-0.2, -0.15) is 0 Å². The lowest BCUT2D eigenvalue weighted by atomic mass is 9.78. The van der Waals surface area contributed by atoms with Crippen LogP contribution in [0.2, 0.25) is 0 Å². The molecular weight excluding hydrogens is 206 g/mol. The molecule has 0 atom stereocenters. The highest BCUT2D eigenvalue weighted by Gasteiger charge is 2.32. The van der Waals surface area contributed by atoms with Gasteiger partial charge >= 0.3 is 0 Å². The molecule has 1 aliphatic rings. The van der Waals surface area contributed by atoms with E-state index < -0.39 is 0 Å². The number of halogens is 1. The van der Waals surface area contributed by atoms with E-state index in [4.69, 9.17) is 0 Å². The topological polar surface area (TPSA) is 29.1 Å². The first-order chi connectivity index (χ1) is 5.16. The van der Waals surface area contributed by atoms with Gasteiger partial charge in [-0.05, 0) is 26.2 Å². The maximum atomic E-state index is 11.1. The lowest BCUT2D eigenvalue weighted by Crippen LogP contribution is -2.50. The third kappa shape index (κ3) is 2.47. The molecule has 1 rings (SSSR count). The van der Waals surface area contributed by atoms with Gasteiger partial charge in [0.25, 0.3) is 0 Å². The van der Waals surface area contributed by atoms with E-state index in [0.717, 1.165) is 18.2 Å². The number of rotatable bonds is 3. The molecule has 1 fully saturated rings. The first-order valence-corrected chi connectivity index (χ1v) is 5.15. The molecule has 1 amide bonds. The Hall–Kier alpha value is -0.0500. The van der Waals surface area contributed by atoms with Crippen LogP contribution < -0.4 is 5.32 Å². The minimum atomic E-state index is 0.124. The molecule has 3 heteroatoms.